The van der Waals surface area contributed by atoms with Crippen molar-refractivity contribution in [2.24, 2.45) is 0 Å². The van der Waals surface area contributed by atoms with Crippen LogP contribution in [0.3, 0.4) is 0 Å². The number of ether oxygens (including phenoxy) is 3. The maximum atomic E-state index is 9.30. The number of rotatable bonds is 29. The minimum atomic E-state index is 0.0463. The standard InChI is InChI=1S/C28H57NO5/c1-2-3-4-5-6-7-8-9-10-11-12-13-14-15-16-17-18-29(19-21-30)20-23-32-25-27-34-28-26-33-24-22-31/h9-10,30-31H,2-8,11-28H2,1H3/b10-9-. The Morgan fingerprint density at radius 3 is 1.56 bits per heavy atom. The van der Waals surface area contributed by atoms with Crippen molar-refractivity contribution in [3.8, 4) is 0 Å². The quantitative estimate of drug-likeness (QED) is 0.109. The highest BCUT2D eigenvalue weighted by Crippen LogP contribution is 2.10. The molecule has 0 amide bonds. The molecule has 0 bridgehead atoms. The Morgan fingerprint density at radius 2 is 1.00 bits per heavy atom. The fourth-order valence-electron chi connectivity index (χ4n) is 3.86. The molecule has 0 radical (unpaired) electrons. The molecule has 2 N–H and O–H groups in total. The smallest absolute Gasteiger partial charge is 0.0701 e. The molecule has 0 fully saturated rings. The van der Waals surface area contributed by atoms with Crippen LogP contribution in [0.1, 0.15) is 96.8 Å². The Hall–Kier alpha value is -0.500. The normalized spacial score (nSPS) is 11.9. The van der Waals surface area contributed by atoms with Gasteiger partial charge in [0.05, 0.1) is 52.9 Å². The minimum Gasteiger partial charge on any atom is -0.395 e. The first-order valence-electron chi connectivity index (χ1n) is 14.2. The van der Waals surface area contributed by atoms with Gasteiger partial charge in [-0.2, -0.15) is 0 Å². The van der Waals surface area contributed by atoms with Gasteiger partial charge in [0.15, 0.2) is 0 Å². The lowest BCUT2D eigenvalue weighted by atomic mass is 10.1. The Balaban J connectivity index is 3.42. The van der Waals surface area contributed by atoms with Crippen LogP contribution >= 0.6 is 0 Å². The summed E-state index contributed by atoms with van der Waals surface area (Å²) in [6.45, 7) is 8.29. The second-order valence-electron chi connectivity index (χ2n) is 9.06. The summed E-state index contributed by atoms with van der Waals surface area (Å²) in [5.74, 6) is 0. The number of hydrogen-bond acceptors (Lipinski definition) is 6. The van der Waals surface area contributed by atoms with Gasteiger partial charge in [-0.25, -0.2) is 0 Å². The summed E-state index contributed by atoms with van der Waals surface area (Å²) >= 11 is 0. The fourth-order valence-corrected chi connectivity index (χ4v) is 3.86. The third kappa shape index (κ3) is 27.7. The van der Waals surface area contributed by atoms with E-state index in [1.54, 1.807) is 0 Å². The van der Waals surface area contributed by atoms with Gasteiger partial charge in [0.2, 0.25) is 0 Å². The van der Waals surface area contributed by atoms with Gasteiger partial charge in [-0.3, -0.25) is 4.90 Å². The molecule has 0 aromatic heterocycles. The molecule has 0 atom stereocenters. The Labute approximate surface area is 211 Å². The van der Waals surface area contributed by atoms with Crippen molar-refractivity contribution in [1.29, 1.82) is 0 Å². The van der Waals surface area contributed by atoms with Gasteiger partial charge >= 0.3 is 0 Å². The molecular formula is C28H57NO5. The molecule has 0 aliphatic carbocycles. The third-order valence-corrected chi connectivity index (χ3v) is 5.93. The molecule has 34 heavy (non-hydrogen) atoms. The number of allylic oxidation sites excluding steroid dienone is 2. The van der Waals surface area contributed by atoms with Crippen LogP contribution in [-0.2, 0) is 14.2 Å². The van der Waals surface area contributed by atoms with E-state index in [0.717, 1.165) is 13.1 Å². The molecule has 0 saturated carbocycles. The molecule has 6 heteroatoms. The van der Waals surface area contributed by atoms with Crippen molar-refractivity contribution in [1.82, 2.24) is 4.90 Å². The molecule has 0 spiro atoms. The van der Waals surface area contributed by atoms with Gasteiger partial charge < -0.3 is 24.4 Å². The summed E-state index contributed by atoms with van der Waals surface area (Å²) in [4.78, 5) is 2.29. The van der Waals surface area contributed by atoms with E-state index in [-0.39, 0.29) is 13.2 Å². The molecule has 0 heterocycles. The first kappa shape index (κ1) is 33.5. The average molecular weight is 488 g/mol. The van der Waals surface area contributed by atoms with E-state index in [1.165, 1.54) is 89.9 Å². The van der Waals surface area contributed by atoms with Crippen LogP contribution in [0.2, 0.25) is 0 Å². The van der Waals surface area contributed by atoms with Crippen LogP contribution in [0.25, 0.3) is 0 Å². The van der Waals surface area contributed by atoms with Crippen LogP contribution in [0.5, 0.6) is 0 Å². The monoisotopic (exact) mass is 487 g/mol. The van der Waals surface area contributed by atoms with Crippen LogP contribution in [-0.4, -0.2) is 87.6 Å². The Morgan fingerprint density at radius 1 is 0.500 bits per heavy atom. The molecule has 204 valence electrons. The van der Waals surface area contributed by atoms with Gasteiger partial charge in [0.1, 0.15) is 0 Å². The first-order valence-corrected chi connectivity index (χ1v) is 14.2. The highest BCUT2D eigenvalue weighted by atomic mass is 16.5. The molecule has 0 aromatic rings. The summed E-state index contributed by atoms with van der Waals surface area (Å²) in [7, 11) is 0. The molecule has 6 nitrogen and oxygen atoms in total. The van der Waals surface area contributed by atoms with E-state index >= 15 is 0 Å². The summed E-state index contributed by atoms with van der Waals surface area (Å²) in [5, 5.41) is 17.9. The van der Waals surface area contributed by atoms with Gasteiger partial charge in [0, 0.05) is 13.1 Å². The van der Waals surface area contributed by atoms with Crippen LogP contribution in [0.15, 0.2) is 12.2 Å². The van der Waals surface area contributed by atoms with E-state index in [1.807, 2.05) is 0 Å². The van der Waals surface area contributed by atoms with Gasteiger partial charge in [-0.1, -0.05) is 76.9 Å². The molecular weight excluding hydrogens is 430 g/mol. The highest BCUT2D eigenvalue weighted by molar-refractivity contribution is 4.81. The van der Waals surface area contributed by atoms with E-state index in [0.29, 0.717) is 46.2 Å². The van der Waals surface area contributed by atoms with Crippen molar-refractivity contribution in [3.05, 3.63) is 12.2 Å². The summed E-state index contributed by atoms with van der Waals surface area (Å²) < 4.78 is 16.2. The summed E-state index contributed by atoms with van der Waals surface area (Å²) in [6.07, 6.45) is 23.3. The second kappa shape index (κ2) is 30.5. The topological polar surface area (TPSA) is 71.4 Å². The zero-order valence-corrected chi connectivity index (χ0v) is 22.4. The minimum absolute atomic E-state index is 0.0463. The maximum Gasteiger partial charge on any atom is 0.0701 e. The zero-order valence-electron chi connectivity index (χ0n) is 22.4. The van der Waals surface area contributed by atoms with E-state index < -0.39 is 0 Å². The van der Waals surface area contributed by atoms with Crippen molar-refractivity contribution in [3.63, 3.8) is 0 Å². The number of hydrogen-bond donors (Lipinski definition) is 2. The van der Waals surface area contributed by atoms with Crippen LogP contribution in [0.4, 0.5) is 0 Å². The van der Waals surface area contributed by atoms with Gasteiger partial charge in [-0.05, 0) is 38.6 Å². The number of nitrogens with zero attached hydrogens (tertiary/aromatic N) is 1. The third-order valence-electron chi connectivity index (χ3n) is 5.93. The lowest BCUT2D eigenvalue weighted by Crippen LogP contribution is -2.31. The Bertz CT molecular complexity index is 395. The second-order valence-corrected chi connectivity index (χ2v) is 9.06. The molecule has 0 aliphatic rings. The zero-order chi connectivity index (χ0) is 24.8. The summed E-state index contributed by atoms with van der Waals surface area (Å²) in [5.41, 5.74) is 0. The molecule has 0 saturated heterocycles. The van der Waals surface area contributed by atoms with E-state index in [2.05, 4.69) is 24.0 Å². The Kier molecular flexibility index (Phi) is 30.1. The van der Waals surface area contributed by atoms with Crippen molar-refractivity contribution in [2.45, 2.75) is 96.8 Å². The fraction of sp³-hybridized carbons (Fsp3) is 0.929. The van der Waals surface area contributed by atoms with Crippen molar-refractivity contribution in [2.75, 3.05) is 72.5 Å². The lowest BCUT2D eigenvalue weighted by molar-refractivity contribution is 0.00405. The van der Waals surface area contributed by atoms with Crippen LogP contribution in [0, 0.1) is 0 Å². The van der Waals surface area contributed by atoms with E-state index in [9.17, 15) is 5.11 Å². The lowest BCUT2D eigenvalue weighted by Gasteiger charge is -2.21. The maximum absolute atomic E-state index is 9.30. The van der Waals surface area contributed by atoms with Crippen LogP contribution < -0.4 is 0 Å². The first-order chi connectivity index (χ1) is 16.8. The average Bonchev–Trinajstić information content (AvgIpc) is 2.84. The molecule has 0 aromatic carbocycles. The number of aliphatic hydroxyl groups is 2. The predicted octanol–water partition coefficient (Wildman–Crippen LogP) is 5.36. The largest absolute Gasteiger partial charge is 0.395 e. The predicted molar refractivity (Wildman–Crippen MR) is 143 cm³/mol. The molecule has 0 rings (SSSR count). The highest BCUT2D eigenvalue weighted by Gasteiger charge is 2.04. The van der Waals surface area contributed by atoms with E-state index in [4.69, 9.17) is 19.3 Å². The van der Waals surface area contributed by atoms with Crippen molar-refractivity contribution >= 4 is 0 Å². The summed E-state index contributed by atoms with van der Waals surface area (Å²) in [6, 6.07) is 0. The molecule has 0 unspecified atom stereocenters. The SMILES string of the molecule is CCCCCCCC/C=C\CCCCCCCCN(CCO)CCOCCOCCOCCO. The number of aliphatic hydroxyl groups excluding tert-OH is 2. The number of unbranched alkanes of at least 4 members (excludes halogenated alkanes) is 12. The van der Waals surface area contributed by atoms with Gasteiger partial charge in [-0.15, -0.1) is 0 Å². The van der Waals surface area contributed by atoms with Gasteiger partial charge in [0.25, 0.3) is 0 Å². The molecule has 0 aliphatic heterocycles. The van der Waals surface area contributed by atoms with Crippen molar-refractivity contribution < 1.29 is 24.4 Å².